The Morgan fingerprint density at radius 3 is 2.50 bits per heavy atom. The van der Waals surface area contributed by atoms with Crippen LogP contribution in [0.1, 0.15) is 24.5 Å². The molecule has 2 aromatic carbocycles. The largest absolute Gasteiger partial charge is 0.495 e. The lowest BCUT2D eigenvalue weighted by Gasteiger charge is -2.31. The summed E-state index contributed by atoms with van der Waals surface area (Å²) in [6, 6.07) is 10.1. The van der Waals surface area contributed by atoms with E-state index in [-0.39, 0.29) is 30.1 Å². The van der Waals surface area contributed by atoms with E-state index < -0.39 is 26.9 Å². The van der Waals surface area contributed by atoms with E-state index in [1.807, 2.05) is 31.2 Å². The molecule has 0 fully saturated rings. The van der Waals surface area contributed by atoms with Crippen molar-refractivity contribution in [3.8, 4) is 5.75 Å². The Morgan fingerprint density at radius 2 is 1.97 bits per heavy atom. The molecule has 2 rings (SSSR count). The van der Waals surface area contributed by atoms with Gasteiger partial charge in [0, 0.05) is 18.7 Å². The predicted molar refractivity (Wildman–Crippen MR) is 114 cm³/mol. The van der Waals surface area contributed by atoms with Crippen LogP contribution in [0.15, 0.2) is 42.5 Å². The number of amides is 1. The van der Waals surface area contributed by atoms with E-state index in [2.05, 4.69) is 5.32 Å². The molecule has 0 unspecified atom stereocenters. The fourth-order valence-corrected chi connectivity index (χ4v) is 4.34. The average molecular weight is 436 g/mol. The van der Waals surface area contributed by atoms with Crippen molar-refractivity contribution in [2.75, 3.05) is 17.7 Å². The summed E-state index contributed by atoms with van der Waals surface area (Å²) in [5.41, 5.74) is 1.53. The fraction of sp³-hybridized carbons (Fsp3) is 0.350. The summed E-state index contributed by atoms with van der Waals surface area (Å²) in [6.07, 6.45) is 1.10. The molecule has 0 aliphatic rings. The summed E-state index contributed by atoms with van der Waals surface area (Å²) < 4.78 is 31.3. The minimum atomic E-state index is -3.97. The maximum Gasteiger partial charge on any atom is 0.271 e. The normalized spacial score (nSPS) is 12.1. The first kappa shape index (κ1) is 23.1. The molecule has 10 heteroatoms. The Bertz CT molecular complexity index is 1040. The van der Waals surface area contributed by atoms with Crippen LogP contribution in [0.3, 0.4) is 0 Å². The van der Waals surface area contributed by atoms with E-state index in [4.69, 9.17) is 4.74 Å². The quantitative estimate of drug-likeness (QED) is 0.478. The Hall–Kier alpha value is -3.14. The molecule has 0 saturated heterocycles. The predicted octanol–water partition coefficient (Wildman–Crippen LogP) is 2.77. The molecule has 9 nitrogen and oxygen atoms in total. The molecule has 162 valence electrons. The van der Waals surface area contributed by atoms with Crippen molar-refractivity contribution in [3.05, 3.63) is 63.7 Å². The Balaban J connectivity index is 2.43. The molecular weight excluding hydrogens is 410 g/mol. The minimum Gasteiger partial charge on any atom is -0.495 e. The number of hydrogen-bond donors (Lipinski definition) is 1. The molecule has 0 saturated carbocycles. The van der Waals surface area contributed by atoms with Gasteiger partial charge >= 0.3 is 0 Å². The van der Waals surface area contributed by atoms with E-state index in [1.165, 1.54) is 19.2 Å². The summed E-state index contributed by atoms with van der Waals surface area (Å²) in [6.45, 7) is 3.82. The monoisotopic (exact) mass is 435 g/mol. The summed E-state index contributed by atoms with van der Waals surface area (Å²) in [5.74, 6) is -0.408. The second-order valence-corrected chi connectivity index (χ2v) is 8.66. The number of rotatable bonds is 9. The van der Waals surface area contributed by atoms with Gasteiger partial charge in [-0.25, -0.2) is 8.42 Å². The molecule has 0 aliphatic carbocycles. The van der Waals surface area contributed by atoms with Gasteiger partial charge in [-0.2, -0.15) is 0 Å². The number of hydrogen-bond acceptors (Lipinski definition) is 6. The SMILES string of the molecule is CC[C@@H](C(=O)NCc1cccc(C)c1)N(c1cc([N+](=O)[O-])ccc1OC)S(C)(=O)=O. The molecule has 1 N–H and O–H groups in total. The molecule has 1 atom stereocenters. The van der Waals surface area contributed by atoms with Crippen molar-refractivity contribution >= 4 is 27.3 Å². The lowest BCUT2D eigenvalue weighted by molar-refractivity contribution is -0.384. The van der Waals surface area contributed by atoms with Crippen LogP contribution >= 0.6 is 0 Å². The van der Waals surface area contributed by atoms with Crippen LogP contribution in [-0.4, -0.2) is 38.7 Å². The van der Waals surface area contributed by atoms with Crippen LogP contribution in [0, 0.1) is 17.0 Å². The van der Waals surface area contributed by atoms with Gasteiger partial charge in [0.2, 0.25) is 15.9 Å². The fourth-order valence-electron chi connectivity index (χ4n) is 3.13. The molecule has 1 amide bonds. The van der Waals surface area contributed by atoms with Crippen molar-refractivity contribution in [1.82, 2.24) is 5.32 Å². The number of nitro groups is 1. The van der Waals surface area contributed by atoms with Crippen LogP contribution < -0.4 is 14.4 Å². The van der Waals surface area contributed by atoms with Gasteiger partial charge in [0.05, 0.1) is 18.3 Å². The lowest BCUT2D eigenvalue weighted by atomic mass is 10.1. The van der Waals surface area contributed by atoms with Gasteiger partial charge in [0.1, 0.15) is 17.5 Å². The van der Waals surface area contributed by atoms with Gasteiger partial charge in [-0.1, -0.05) is 36.8 Å². The van der Waals surface area contributed by atoms with E-state index in [9.17, 15) is 23.3 Å². The number of nitrogens with zero attached hydrogens (tertiary/aromatic N) is 2. The number of anilines is 1. The number of nitrogens with one attached hydrogen (secondary N) is 1. The number of carbonyl (C=O) groups excluding carboxylic acids is 1. The molecule has 0 spiro atoms. The molecule has 30 heavy (non-hydrogen) atoms. The zero-order valence-electron chi connectivity index (χ0n) is 17.3. The first-order valence-corrected chi connectivity index (χ1v) is 11.1. The van der Waals surface area contributed by atoms with Crippen molar-refractivity contribution < 1.29 is 22.9 Å². The van der Waals surface area contributed by atoms with Crippen LogP contribution in [0.2, 0.25) is 0 Å². The molecule has 0 aliphatic heterocycles. The molecule has 0 heterocycles. The smallest absolute Gasteiger partial charge is 0.271 e. The van der Waals surface area contributed by atoms with Gasteiger partial charge in [-0.3, -0.25) is 19.2 Å². The summed E-state index contributed by atoms with van der Waals surface area (Å²) in [4.78, 5) is 23.5. The average Bonchev–Trinajstić information content (AvgIpc) is 2.68. The molecule has 2 aromatic rings. The second kappa shape index (κ2) is 9.57. The number of carbonyl (C=O) groups is 1. The number of benzene rings is 2. The number of non-ortho nitro benzene ring substituents is 1. The maximum absolute atomic E-state index is 12.9. The number of nitro benzene ring substituents is 1. The van der Waals surface area contributed by atoms with Crippen LogP contribution in [0.5, 0.6) is 5.75 Å². The van der Waals surface area contributed by atoms with Crippen LogP contribution in [0.4, 0.5) is 11.4 Å². The van der Waals surface area contributed by atoms with Gasteiger partial charge in [0.25, 0.3) is 5.69 Å². The van der Waals surface area contributed by atoms with Gasteiger partial charge in [-0.15, -0.1) is 0 Å². The maximum atomic E-state index is 12.9. The lowest BCUT2D eigenvalue weighted by Crippen LogP contribution is -2.49. The summed E-state index contributed by atoms with van der Waals surface area (Å²) in [5, 5.41) is 14.0. The summed E-state index contributed by atoms with van der Waals surface area (Å²) in [7, 11) is -2.65. The first-order valence-electron chi connectivity index (χ1n) is 9.23. The summed E-state index contributed by atoms with van der Waals surface area (Å²) >= 11 is 0. The zero-order valence-corrected chi connectivity index (χ0v) is 18.1. The minimum absolute atomic E-state index is 0.0632. The standard InChI is InChI=1S/C20H25N3O6S/c1-5-17(20(24)21-13-15-8-6-7-14(2)11-15)22(30(4,27)28)18-12-16(23(25)26)9-10-19(18)29-3/h6-12,17H,5,13H2,1-4H3,(H,21,24)/t17-/m0/s1. The van der Waals surface area contributed by atoms with E-state index in [1.54, 1.807) is 6.92 Å². The van der Waals surface area contributed by atoms with Crippen LogP contribution in [0.25, 0.3) is 0 Å². The van der Waals surface area contributed by atoms with Crippen LogP contribution in [-0.2, 0) is 21.4 Å². The molecule has 0 bridgehead atoms. The van der Waals surface area contributed by atoms with E-state index in [0.717, 1.165) is 27.8 Å². The molecule has 0 aromatic heterocycles. The Morgan fingerprint density at radius 1 is 1.27 bits per heavy atom. The Labute approximate surface area is 175 Å². The van der Waals surface area contributed by atoms with Crippen molar-refractivity contribution in [2.45, 2.75) is 32.9 Å². The van der Waals surface area contributed by atoms with Gasteiger partial charge in [-0.05, 0) is 25.0 Å². The highest BCUT2D eigenvalue weighted by Gasteiger charge is 2.34. The third-order valence-electron chi connectivity index (χ3n) is 4.49. The van der Waals surface area contributed by atoms with Crippen molar-refractivity contribution in [3.63, 3.8) is 0 Å². The van der Waals surface area contributed by atoms with Gasteiger partial charge < -0.3 is 10.1 Å². The highest BCUT2D eigenvalue weighted by atomic mass is 32.2. The van der Waals surface area contributed by atoms with Gasteiger partial charge in [0.15, 0.2) is 0 Å². The van der Waals surface area contributed by atoms with Crippen molar-refractivity contribution in [1.29, 1.82) is 0 Å². The second-order valence-electron chi connectivity index (χ2n) is 6.80. The number of methoxy groups -OCH3 is 1. The highest BCUT2D eigenvalue weighted by Crippen LogP contribution is 2.35. The van der Waals surface area contributed by atoms with E-state index >= 15 is 0 Å². The molecule has 0 radical (unpaired) electrons. The highest BCUT2D eigenvalue weighted by molar-refractivity contribution is 7.92. The van der Waals surface area contributed by atoms with Crippen molar-refractivity contribution in [2.24, 2.45) is 0 Å². The number of sulfonamides is 1. The topological polar surface area (TPSA) is 119 Å². The first-order chi connectivity index (χ1) is 14.1. The Kier molecular flexibility index (Phi) is 7.38. The van der Waals surface area contributed by atoms with E-state index in [0.29, 0.717) is 0 Å². The number of ether oxygens (including phenoxy) is 1. The molecular formula is C20H25N3O6S. The zero-order chi connectivity index (χ0) is 22.5. The third kappa shape index (κ3) is 5.47. The number of aryl methyl sites for hydroxylation is 1. The third-order valence-corrected chi connectivity index (χ3v) is 5.66.